The number of ether oxygens (including phenoxy) is 2. The molecule has 2 rings (SSSR count). The molecule has 1 aliphatic heterocycles. The Morgan fingerprint density at radius 1 is 1.32 bits per heavy atom. The molecule has 1 amide bonds. The number of rotatable bonds is 3. The van der Waals surface area contributed by atoms with E-state index in [2.05, 4.69) is 15.9 Å². The largest absolute Gasteiger partial charge is 0.377 e. The molecule has 104 valence electrons. The molecular weight excluding hydrogens is 317 g/mol. The zero-order valence-electron chi connectivity index (χ0n) is 10.7. The fraction of sp³-hybridized carbons (Fsp3) is 0.462. The third-order valence-electron chi connectivity index (χ3n) is 3.27. The highest BCUT2D eigenvalue weighted by Crippen LogP contribution is 2.21. The highest BCUT2D eigenvalue weighted by molar-refractivity contribution is 9.10. The summed E-state index contributed by atoms with van der Waals surface area (Å²) in [6, 6.07) is 4.41. The lowest BCUT2D eigenvalue weighted by Gasteiger charge is -2.16. The Balaban J connectivity index is 2.17. The minimum absolute atomic E-state index is 0.0646. The van der Waals surface area contributed by atoms with Gasteiger partial charge in [-0.05, 0) is 18.2 Å². The fourth-order valence-electron chi connectivity index (χ4n) is 2.20. The van der Waals surface area contributed by atoms with E-state index in [1.54, 1.807) is 25.2 Å². The predicted octanol–water partition coefficient (Wildman–Crippen LogP) is 2.07. The van der Waals surface area contributed by atoms with Crippen molar-refractivity contribution in [2.75, 3.05) is 27.3 Å². The smallest absolute Gasteiger partial charge is 0.257 e. The molecule has 0 N–H and O–H groups in total. The average molecular weight is 332 g/mol. The minimum Gasteiger partial charge on any atom is -0.377 e. The number of amides is 1. The highest BCUT2D eigenvalue weighted by atomic mass is 79.9. The molecule has 0 bridgehead atoms. The lowest BCUT2D eigenvalue weighted by molar-refractivity contribution is -0.00461. The molecule has 0 saturated carbocycles. The second-order valence-corrected chi connectivity index (χ2v) is 5.30. The van der Waals surface area contributed by atoms with Crippen molar-refractivity contribution >= 4 is 21.8 Å². The summed E-state index contributed by atoms with van der Waals surface area (Å²) in [6.45, 7) is 0.812. The first kappa shape index (κ1) is 14.4. The van der Waals surface area contributed by atoms with E-state index in [1.165, 1.54) is 12.1 Å². The van der Waals surface area contributed by atoms with Gasteiger partial charge in [0.05, 0.1) is 5.56 Å². The van der Waals surface area contributed by atoms with E-state index in [0.29, 0.717) is 17.6 Å². The second kappa shape index (κ2) is 5.98. The summed E-state index contributed by atoms with van der Waals surface area (Å²) >= 11 is 3.17. The third kappa shape index (κ3) is 2.96. The lowest BCUT2D eigenvalue weighted by atomic mass is 10.2. The first-order valence-electron chi connectivity index (χ1n) is 5.86. The number of benzene rings is 1. The molecule has 4 nitrogen and oxygen atoms in total. The molecule has 6 heteroatoms. The SMILES string of the molecule is COC1CN(C(=O)c2ccc(Br)cc2F)CC1OC. The van der Waals surface area contributed by atoms with Gasteiger partial charge in [-0.3, -0.25) is 4.79 Å². The Kier molecular flexibility index (Phi) is 4.54. The number of methoxy groups -OCH3 is 2. The van der Waals surface area contributed by atoms with Gasteiger partial charge in [0.15, 0.2) is 0 Å². The van der Waals surface area contributed by atoms with E-state index in [1.807, 2.05) is 0 Å². The van der Waals surface area contributed by atoms with Crippen molar-refractivity contribution < 1.29 is 18.7 Å². The van der Waals surface area contributed by atoms with Crippen LogP contribution in [0.15, 0.2) is 22.7 Å². The van der Waals surface area contributed by atoms with Crippen LogP contribution in [0.3, 0.4) is 0 Å². The number of carbonyl (C=O) groups is 1. The Morgan fingerprint density at radius 3 is 2.37 bits per heavy atom. The molecule has 0 radical (unpaired) electrons. The summed E-state index contributed by atoms with van der Waals surface area (Å²) in [5.41, 5.74) is 0.0646. The van der Waals surface area contributed by atoms with Crippen LogP contribution in [0.5, 0.6) is 0 Å². The van der Waals surface area contributed by atoms with Crippen LogP contribution < -0.4 is 0 Å². The molecular formula is C13H15BrFNO3. The number of hydrogen-bond donors (Lipinski definition) is 0. The normalized spacial score (nSPS) is 22.8. The van der Waals surface area contributed by atoms with Gasteiger partial charge < -0.3 is 14.4 Å². The third-order valence-corrected chi connectivity index (χ3v) is 3.76. The van der Waals surface area contributed by atoms with Crippen molar-refractivity contribution in [2.45, 2.75) is 12.2 Å². The van der Waals surface area contributed by atoms with Crippen LogP contribution in [0, 0.1) is 5.82 Å². The van der Waals surface area contributed by atoms with Crippen molar-refractivity contribution in [3.8, 4) is 0 Å². The summed E-state index contributed by atoms with van der Waals surface area (Å²) < 4.78 is 24.9. The average Bonchev–Trinajstić information content (AvgIpc) is 2.81. The standard InChI is InChI=1S/C13H15BrFNO3/c1-18-11-6-16(7-12(11)19-2)13(17)9-4-3-8(14)5-10(9)15/h3-5,11-12H,6-7H2,1-2H3. The van der Waals surface area contributed by atoms with Crippen molar-refractivity contribution in [2.24, 2.45) is 0 Å². The summed E-state index contributed by atoms with van der Waals surface area (Å²) in [5, 5.41) is 0. The van der Waals surface area contributed by atoms with Crippen molar-refractivity contribution in [1.29, 1.82) is 0 Å². The summed E-state index contributed by atoms with van der Waals surface area (Å²) in [5.74, 6) is -0.874. The molecule has 0 spiro atoms. The first-order valence-corrected chi connectivity index (χ1v) is 6.66. The summed E-state index contributed by atoms with van der Waals surface area (Å²) in [6.07, 6.45) is -0.347. The zero-order valence-corrected chi connectivity index (χ0v) is 12.3. The highest BCUT2D eigenvalue weighted by Gasteiger charge is 2.36. The molecule has 19 heavy (non-hydrogen) atoms. The molecule has 0 aromatic heterocycles. The van der Waals surface area contributed by atoms with Crippen LogP contribution in [0.1, 0.15) is 10.4 Å². The van der Waals surface area contributed by atoms with E-state index in [0.717, 1.165) is 0 Å². The Bertz CT molecular complexity index is 471. The van der Waals surface area contributed by atoms with Crippen LogP contribution >= 0.6 is 15.9 Å². The van der Waals surface area contributed by atoms with E-state index in [-0.39, 0.29) is 23.7 Å². The predicted molar refractivity (Wildman–Crippen MR) is 71.6 cm³/mol. The van der Waals surface area contributed by atoms with Gasteiger partial charge in [0.25, 0.3) is 5.91 Å². The van der Waals surface area contributed by atoms with Gasteiger partial charge >= 0.3 is 0 Å². The van der Waals surface area contributed by atoms with E-state index in [4.69, 9.17) is 9.47 Å². The number of carbonyl (C=O) groups excluding carboxylic acids is 1. The maximum absolute atomic E-state index is 13.8. The molecule has 1 heterocycles. The quantitative estimate of drug-likeness (QED) is 0.851. The van der Waals surface area contributed by atoms with Crippen LogP contribution in [0.2, 0.25) is 0 Å². The maximum atomic E-state index is 13.8. The van der Waals surface area contributed by atoms with Crippen molar-refractivity contribution in [1.82, 2.24) is 4.90 Å². The maximum Gasteiger partial charge on any atom is 0.257 e. The van der Waals surface area contributed by atoms with E-state index >= 15 is 0 Å². The second-order valence-electron chi connectivity index (χ2n) is 4.38. The monoisotopic (exact) mass is 331 g/mol. The Hall–Kier alpha value is -0.980. The Labute approximate surface area is 119 Å². The van der Waals surface area contributed by atoms with Crippen LogP contribution in [-0.4, -0.2) is 50.3 Å². The molecule has 1 fully saturated rings. The molecule has 0 aliphatic carbocycles. The fourth-order valence-corrected chi connectivity index (χ4v) is 2.53. The van der Waals surface area contributed by atoms with Gasteiger partial charge in [0.2, 0.25) is 0 Å². The van der Waals surface area contributed by atoms with E-state index < -0.39 is 5.82 Å². The first-order chi connectivity index (χ1) is 9.06. The Morgan fingerprint density at radius 2 is 1.89 bits per heavy atom. The minimum atomic E-state index is -0.533. The van der Waals surface area contributed by atoms with Crippen molar-refractivity contribution in [3.05, 3.63) is 34.1 Å². The van der Waals surface area contributed by atoms with Crippen LogP contribution in [-0.2, 0) is 9.47 Å². The number of nitrogens with zero attached hydrogens (tertiary/aromatic N) is 1. The van der Waals surface area contributed by atoms with Crippen LogP contribution in [0.4, 0.5) is 4.39 Å². The van der Waals surface area contributed by atoms with Gasteiger partial charge in [0.1, 0.15) is 18.0 Å². The molecule has 1 aromatic carbocycles. The molecule has 1 aromatic rings. The van der Waals surface area contributed by atoms with Gasteiger partial charge in [-0.25, -0.2) is 4.39 Å². The van der Waals surface area contributed by atoms with E-state index in [9.17, 15) is 9.18 Å². The number of likely N-dealkylation sites (tertiary alicyclic amines) is 1. The van der Waals surface area contributed by atoms with Gasteiger partial charge in [-0.15, -0.1) is 0 Å². The van der Waals surface area contributed by atoms with Gasteiger partial charge in [-0.2, -0.15) is 0 Å². The topological polar surface area (TPSA) is 38.8 Å². The summed E-state index contributed by atoms with van der Waals surface area (Å²) in [4.78, 5) is 13.8. The number of hydrogen-bond acceptors (Lipinski definition) is 3. The lowest BCUT2D eigenvalue weighted by Crippen LogP contribution is -2.30. The molecule has 1 saturated heterocycles. The zero-order chi connectivity index (χ0) is 14.0. The molecule has 2 atom stereocenters. The molecule has 1 aliphatic rings. The number of halogens is 2. The molecule has 2 unspecified atom stereocenters. The van der Waals surface area contributed by atoms with Crippen LogP contribution in [0.25, 0.3) is 0 Å². The van der Waals surface area contributed by atoms with Gasteiger partial charge in [0, 0.05) is 31.8 Å². The van der Waals surface area contributed by atoms with Crippen molar-refractivity contribution in [3.63, 3.8) is 0 Å². The van der Waals surface area contributed by atoms with Gasteiger partial charge in [-0.1, -0.05) is 15.9 Å². The summed E-state index contributed by atoms with van der Waals surface area (Å²) in [7, 11) is 3.15.